The predicted octanol–water partition coefficient (Wildman–Crippen LogP) is 1.40. The van der Waals surface area contributed by atoms with Crippen LogP contribution < -0.4 is 0 Å². The summed E-state index contributed by atoms with van der Waals surface area (Å²) in [5, 5.41) is 8.53. The molecular weight excluding hydrogens is 248 g/mol. The Bertz CT molecular complexity index is 301. The molecule has 0 aromatic heterocycles. The number of carbonyl (C=O) groups is 2. The first-order chi connectivity index (χ1) is 9.04. The van der Waals surface area contributed by atoms with Crippen molar-refractivity contribution in [1.82, 2.24) is 9.80 Å². The van der Waals surface area contributed by atoms with Gasteiger partial charge in [0.2, 0.25) is 0 Å². The zero-order valence-corrected chi connectivity index (χ0v) is 11.8. The molecule has 2 amide bonds. The fourth-order valence-corrected chi connectivity index (χ4v) is 2.20. The van der Waals surface area contributed by atoms with Gasteiger partial charge in [-0.15, -0.1) is 0 Å². The molecule has 0 aromatic rings. The third kappa shape index (κ3) is 5.46. The van der Waals surface area contributed by atoms with Crippen molar-refractivity contribution >= 4 is 12.0 Å². The number of carboxylic acid groups (broad SMARTS) is 1. The molecule has 1 aliphatic rings. The molecule has 0 saturated carbocycles. The molecule has 0 aromatic carbocycles. The van der Waals surface area contributed by atoms with Gasteiger partial charge in [0.25, 0.3) is 0 Å². The second-order valence-corrected chi connectivity index (χ2v) is 4.91. The van der Waals surface area contributed by atoms with Crippen molar-refractivity contribution in [2.45, 2.75) is 38.7 Å². The summed E-state index contributed by atoms with van der Waals surface area (Å²) < 4.78 is 5.50. The first kappa shape index (κ1) is 15.8. The minimum Gasteiger partial charge on any atom is -0.481 e. The SMILES string of the molecule is CCCN(C)C(=O)N1CCC(OCCC(=O)O)CC1. The van der Waals surface area contributed by atoms with E-state index in [1.54, 1.807) is 4.90 Å². The third-order valence-electron chi connectivity index (χ3n) is 3.27. The van der Waals surface area contributed by atoms with E-state index in [1.165, 1.54) is 0 Å². The summed E-state index contributed by atoms with van der Waals surface area (Å²) in [5.74, 6) is -0.839. The van der Waals surface area contributed by atoms with E-state index in [9.17, 15) is 9.59 Å². The Morgan fingerprint density at radius 3 is 2.53 bits per heavy atom. The van der Waals surface area contributed by atoms with Crippen LogP contribution in [0.3, 0.4) is 0 Å². The fraction of sp³-hybridized carbons (Fsp3) is 0.846. The number of carboxylic acids is 1. The van der Waals surface area contributed by atoms with Gasteiger partial charge in [0.05, 0.1) is 19.1 Å². The maximum absolute atomic E-state index is 12.0. The Morgan fingerprint density at radius 2 is 2.00 bits per heavy atom. The van der Waals surface area contributed by atoms with Gasteiger partial charge in [0, 0.05) is 26.7 Å². The topological polar surface area (TPSA) is 70.1 Å². The second-order valence-electron chi connectivity index (χ2n) is 4.91. The van der Waals surface area contributed by atoms with Gasteiger partial charge in [-0.1, -0.05) is 6.92 Å². The summed E-state index contributed by atoms with van der Waals surface area (Å²) in [6.45, 7) is 4.44. The third-order valence-corrected chi connectivity index (χ3v) is 3.27. The number of amides is 2. The zero-order valence-electron chi connectivity index (χ0n) is 11.8. The molecule has 6 heteroatoms. The Hall–Kier alpha value is -1.30. The van der Waals surface area contributed by atoms with Crippen LogP contribution in [0, 0.1) is 0 Å². The molecule has 1 aliphatic heterocycles. The first-order valence-corrected chi connectivity index (χ1v) is 6.88. The van der Waals surface area contributed by atoms with Crippen molar-refractivity contribution < 1.29 is 19.4 Å². The summed E-state index contributed by atoms with van der Waals surface area (Å²) in [4.78, 5) is 26.0. The summed E-state index contributed by atoms with van der Waals surface area (Å²) >= 11 is 0. The lowest BCUT2D eigenvalue weighted by Crippen LogP contribution is -2.46. The molecule has 6 nitrogen and oxygen atoms in total. The molecule has 1 fully saturated rings. The molecule has 1 N–H and O–H groups in total. The molecule has 0 spiro atoms. The molecule has 1 saturated heterocycles. The summed E-state index contributed by atoms with van der Waals surface area (Å²) in [5.41, 5.74) is 0. The van der Waals surface area contributed by atoms with Crippen LogP contribution in [0.15, 0.2) is 0 Å². The average molecular weight is 272 g/mol. The highest BCUT2D eigenvalue weighted by molar-refractivity contribution is 5.74. The first-order valence-electron chi connectivity index (χ1n) is 6.88. The van der Waals surface area contributed by atoms with Crippen LogP contribution in [-0.2, 0) is 9.53 Å². The molecule has 0 unspecified atom stereocenters. The Kier molecular flexibility index (Phi) is 6.62. The number of piperidine rings is 1. The quantitative estimate of drug-likeness (QED) is 0.793. The van der Waals surface area contributed by atoms with Crippen LogP contribution in [0.5, 0.6) is 0 Å². The van der Waals surface area contributed by atoms with Crippen LogP contribution in [0.2, 0.25) is 0 Å². The average Bonchev–Trinajstić information content (AvgIpc) is 2.38. The molecule has 110 valence electrons. The van der Waals surface area contributed by atoms with Crippen LogP contribution in [0.25, 0.3) is 0 Å². The smallest absolute Gasteiger partial charge is 0.319 e. The minimum absolute atomic E-state index is 0.0401. The number of likely N-dealkylation sites (tertiary alicyclic amines) is 1. The fourth-order valence-electron chi connectivity index (χ4n) is 2.20. The van der Waals surface area contributed by atoms with E-state index >= 15 is 0 Å². The van der Waals surface area contributed by atoms with Crippen molar-refractivity contribution in [1.29, 1.82) is 0 Å². The Labute approximate surface area is 114 Å². The zero-order chi connectivity index (χ0) is 14.3. The Morgan fingerprint density at radius 1 is 1.37 bits per heavy atom. The molecule has 1 heterocycles. The number of rotatable bonds is 6. The van der Waals surface area contributed by atoms with Gasteiger partial charge < -0.3 is 19.6 Å². The van der Waals surface area contributed by atoms with Crippen LogP contribution >= 0.6 is 0 Å². The standard InChI is InChI=1S/C13H24N2O4/c1-3-7-14(2)13(18)15-8-4-11(5-9-15)19-10-6-12(16)17/h11H,3-10H2,1-2H3,(H,16,17). The number of ether oxygens (including phenoxy) is 1. The van der Waals surface area contributed by atoms with Crippen LogP contribution in [0.1, 0.15) is 32.6 Å². The van der Waals surface area contributed by atoms with Crippen molar-refractivity contribution in [3.05, 3.63) is 0 Å². The van der Waals surface area contributed by atoms with E-state index in [-0.39, 0.29) is 25.2 Å². The van der Waals surface area contributed by atoms with E-state index < -0.39 is 5.97 Å². The monoisotopic (exact) mass is 272 g/mol. The highest BCUT2D eigenvalue weighted by Gasteiger charge is 2.24. The molecule has 0 aliphatic carbocycles. The highest BCUT2D eigenvalue weighted by Crippen LogP contribution is 2.15. The van der Waals surface area contributed by atoms with Crippen LogP contribution in [0.4, 0.5) is 4.79 Å². The predicted molar refractivity (Wildman–Crippen MR) is 71.1 cm³/mol. The molecule has 0 bridgehead atoms. The minimum atomic E-state index is -0.839. The molecule has 0 atom stereocenters. The van der Waals surface area contributed by atoms with Crippen molar-refractivity contribution in [2.24, 2.45) is 0 Å². The van der Waals surface area contributed by atoms with Gasteiger partial charge in [-0.2, -0.15) is 0 Å². The van der Waals surface area contributed by atoms with Gasteiger partial charge in [0.15, 0.2) is 0 Å². The highest BCUT2D eigenvalue weighted by atomic mass is 16.5. The van der Waals surface area contributed by atoms with E-state index in [0.29, 0.717) is 13.1 Å². The number of hydrogen-bond donors (Lipinski definition) is 1. The van der Waals surface area contributed by atoms with Gasteiger partial charge in [-0.05, 0) is 19.3 Å². The van der Waals surface area contributed by atoms with E-state index in [1.807, 2.05) is 18.9 Å². The van der Waals surface area contributed by atoms with Crippen LogP contribution in [-0.4, -0.2) is 66.3 Å². The Balaban J connectivity index is 2.24. The normalized spacial score (nSPS) is 16.4. The number of aliphatic carboxylic acids is 1. The lowest BCUT2D eigenvalue weighted by Gasteiger charge is -2.34. The van der Waals surface area contributed by atoms with E-state index in [4.69, 9.17) is 9.84 Å². The summed E-state index contributed by atoms with van der Waals surface area (Å²) in [6.07, 6.45) is 2.64. The van der Waals surface area contributed by atoms with E-state index in [0.717, 1.165) is 25.8 Å². The maximum atomic E-state index is 12.0. The van der Waals surface area contributed by atoms with Gasteiger partial charge in [-0.25, -0.2) is 4.79 Å². The summed E-state index contributed by atoms with van der Waals surface area (Å²) in [6, 6.07) is 0.0748. The molecule has 19 heavy (non-hydrogen) atoms. The van der Waals surface area contributed by atoms with Gasteiger partial charge in [0.1, 0.15) is 0 Å². The van der Waals surface area contributed by atoms with E-state index in [2.05, 4.69) is 0 Å². The number of hydrogen-bond acceptors (Lipinski definition) is 3. The number of nitrogens with zero attached hydrogens (tertiary/aromatic N) is 2. The lowest BCUT2D eigenvalue weighted by atomic mass is 10.1. The summed E-state index contributed by atoms with van der Waals surface area (Å²) in [7, 11) is 1.82. The largest absolute Gasteiger partial charge is 0.481 e. The molecule has 0 radical (unpaired) electrons. The number of urea groups is 1. The molecule has 1 rings (SSSR count). The lowest BCUT2D eigenvalue weighted by molar-refractivity contribution is -0.138. The van der Waals surface area contributed by atoms with Gasteiger partial charge >= 0.3 is 12.0 Å². The van der Waals surface area contributed by atoms with Gasteiger partial charge in [-0.3, -0.25) is 4.79 Å². The second kappa shape index (κ2) is 7.99. The van der Waals surface area contributed by atoms with Crippen molar-refractivity contribution in [3.63, 3.8) is 0 Å². The molecular formula is C13H24N2O4. The van der Waals surface area contributed by atoms with Crippen molar-refractivity contribution in [3.8, 4) is 0 Å². The van der Waals surface area contributed by atoms with Crippen molar-refractivity contribution in [2.75, 3.05) is 33.3 Å². The number of carbonyl (C=O) groups excluding carboxylic acids is 1. The maximum Gasteiger partial charge on any atom is 0.319 e.